The minimum atomic E-state index is -0.490. The average Bonchev–Trinajstić information content (AvgIpc) is 3.27. The Balaban J connectivity index is 1.88. The van der Waals surface area contributed by atoms with Crippen LogP contribution < -0.4 is 15.4 Å². The first kappa shape index (κ1) is 23.3. The third-order valence-electron chi connectivity index (χ3n) is 4.52. The van der Waals surface area contributed by atoms with Crippen LogP contribution in [0.15, 0.2) is 70.8 Å². The van der Waals surface area contributed by atoms with Crippen molar-refractivity contribution in [2.45, 2.75) is 19.9 Å². The number of nitro benzene ring substituents is 1. The topological polar surface area (TPSA) is 124 Å². The van der Waals surface area contributed by atoms with Gasteiger partial charge >= 0.3 is 0 Å². The summed E-state index contributed by atoms with van der Waals surface area (Å²) in [6.45, 7) is 3.60. The lowest BCUT2D eigenvalue weighted by Gasteiger charge is -2.13. The maximum Gasteiger partial charge on any atom is 0.270 e. The summed E-state index contributed by atoms with van der Waals surface area (Å²) in [5, 5.41) is 16.4. The first-order chi connectivity index (χ1) is 15.8. The largest absolute Gasteiger partial charge is 0.497 e. The number of hydrogen-bond donors (Lipinski definition) is 2. The van der Waals surface area contributed by atoms with E-state index in [0.717, 1.165) is 0 Å². The van der Waals surface area contributed by atoms with E-state index in [1.165, 1.54) is 25.3 Å². The van der Waals surface area contributed by atoms with Crippen molar-refractivity contribution in [1.29, 1.82) is 0 Å². The van der Waals surface area contributed by atoms with Crippen LogP contribution in [-0.4, -0.2) is 29.9 Å². The molecule has 2 aromatic carbocycles. The number of nitrogens with zero attached hydrogens (tertiary/aromatic N) is 1. The number of carbonyl (C=O) groups excluding carboxylic acids is 2. The number of methoxy groups -OCH3 is 1. The van der Waals surface area contributed by atoms with Gasteiger partial charge in [0.05, 0.1) is 12.0 Å². The summed E-state index contributed by atoms with van der Waals surface area (Å²) in [6, 6.07) is 15.5. The van der Waals surface area contributed by atoms with Gasteiger partial charge in [0, 0.05) is 35.4 Å². The summed E-state index contributed by atoms with van der Waals surface area (Å²) in [5.41, 5.74) is 0.782. The normalized spacial score (nSPS) is 11.2. The van der Waals surface area contributed by atoms with E-state index in [0.29, 0.717) is 28.4 Å². The highest BCUT2D eigenvalue weighted by Gasteiger charge is 2.17. The summed E-state index contributed by atoms with van der Waals surface area (Å²) in [7, 11) is 1.53. The molecule has 0 unspecified atom stereocenters. The second kappa shape index (κ2) is 10.3. The molecule has 0 aliphatic heterocycles. The fourth-order valence-corrected chi connectivity index (χ4v) is 2.94. The van der Waals surface area contributed by atoms with E-state index in [1.54, 1.807) is 62.4 Å². The molecule has 1 aromatic heterocycles. The van der Waals surface area contributed by atoms with Crippen molar-refractivity contribution in [3.63, 3.8) is 0 Å². The van der Waals surface area contributed by atoms with Crippen LogP contribution in [0.3, 0.4) is 0 Å². The summed E-state index contributed by atoms with van der Waals surface area (Å²) in [4.78, 5) is 35.9. The van der Waals surface area contributed by atoms with Crippen molar-refractivity contribution < 1.29 is 23.7 Å². The number of rotatable bonds is 8. The minimum Gasteiger partial charge on any atom is -0.497 e. The van der Waals surface area contributed by atoms with E-state index in [4.69, 9.17) is 9.15 Å². The summed E-state index contributed by atoms with van der Waals surface area (Å²) < 4.78 is 10.9. The molecule has 9 nitrogen and oxygen atoms in total. The quantitative estimate of drug-likeness (QED) is 0.302. The zero-order chi connectivity index (χ0) is 24.0. The predicted molar refractivity (Wildman–Crippen MR) is 123 cm³/mol. The summed E-state index contributed by atoms with van der Waals surface area (Å²) in [5.74, 6) is 0.313. The van der Waals surface area contributed by atoms with Gasteiger partial charge in [0.2, 0.25) is 0 Å². The molecule has 170 valence electrons. The van der Waals surface area contributed by atoms with Crippen LogP contribution in [0.2, 0.25) is 0 Å². The predicted octanol–water partition coefficient (Wildman–Crippen LogP) is 4.16. The monoisotopic (exact) mass is 449 g/mol. The van der Waals surface area contributed by atoms with Gasteiger partial charge in [-0.1, -0.05) is 12.1 Å². The molecule has 0 aliphatic rings. The first-order valence-corrected chi connectivity index (χ1v) is 10.1. The number of hydrogen-bond acceptors (Lipinski definition) is 6. The fraction of sp³-hybridized carbons (Fsp3) is 0.167. The molecule has 0 aliphatic carbocycles. The first-order valence-electron chi connectivity index (χ1n) is 10.1. The van der Waals surface area contributed by atoms with E-state index in [1.807, 2.05) is 0 Å². The Morgan fingerprint density at radius 1 is 1.09 bits per heavy atom. The highest BCUT2D eigenvalue weighted by molar-refractivity contribution is 6.05. The summed E-state index contributed by atoms with van der Waals surface area (Å²) in [6.07, 6.45) is 1.40. The van der Waals surface area contributed by atoms with Crippen molar-refractivity contribution in [2.75, 3.05) is 7.11 Å². The number of non-ortho nitro benzene ring substituents is 1. The van der Waals surface area contributed by atoms with Crippen molar-refractivity contribution in [3.8, 4) is 17.1 Å². The summed E-state index contributed by atoms with van der Waals surface area (Å²) >= 11 is 0. The lowest BCUT2D eigenvalue weighted by molar-refractivity contribution is -0.384. The zero-order valence-corrected chi connectivity index (χ0v) is 18.3. The van der Waals surface area contributed by atoms with Crippen molar-refractivity contribution in [1.82, 2.24) is 10.6 Å². The number of carbonyl (C=O) groups is 2. The number of furan rings is 1. The van der Waals surface area contributed by atoms with Gasteiger partial charge in [-0.25, -0.2) is 0 Å². The van der Waals surface area contributed by atoms with Gasteiger partial charge in [-0.15, -0.1) is 0 Å². The highest BCUT2D eigenvalue weighted by atomic mass is 16.6. The van der Waals surface area contributed by atoms with Gasteiger partial charge in [-0.05, 0) is 50.2 Å². The Morgan fingerprint density at radius 2 is 1.82 bits per heavy atom. The molecule has 3 rings (SSSR count). The smallest absolute Gasteiger partial charge is 0.270 e. The van der Waals surface area contributed by atoms with E-state index < -0.39 is 16.7 Å². The van der Waals surface area contributed by atoms with Gasteiger partial charge in [-0.2, -0.15) is 0 Å². The fourth-order valence-electron chi connectivity index (χ4n) is 2.94. The number of amides is 2. The Kier molecular flexibility index (Phi) is 7.24. The molecular weight excluding hydrogens is 426 g/mol. The maximum atomic E-state index is 12.7. The molecule has 33 heavy (non-hydrogen) atoms. The molecule has 0 fully saturated rings. The molecule has 2 N–H and O–H groups in total. The van der Waals surface area contributed by atoms with Crippen LogP contribution in [0.1, 0.15) is 30.0 Å². The Morgan fingerprint density at radius 3 is 2.45 bits per heavy atom. The second-order valence-electron chi connectivity index (χ2n) is 7.38. The third kappa shape index (κ3) is 6.07. The number of benzene rings is 2. The van der Waals surface area contributed by atoms with Gasteiger partial charge in [0.1, 0.15) is 23.0 Å². The lowest BCUT2D eigenvalue weighted by atomic mass is 10.1. The van der Waals surface area contributed by atoms with Crippen LogP contribution >= 0.6 is 0 Å². The average molecular weight is 449 g/mol. The maximum absolute atomic E-state index is 12.7. The number of ether oxygens (including phenoxy) is 1. The van der Waals surface area contributed by atoms with Gasteiger partial charge in [-0.3, -0.25) is 19.7 Å². The van der Waals surface area contributed by atoms with Crippen molar-refractivity contribution in [3.05, 3.63) is 87.8 Å². The van der Waals surface area contributed by atoms with Crippen molar-refractivity contribution >= 4 is 23.6 Å². The molecule has 0 radical (unpaired) electrons. The highest BCUT2D eigenvalue weighted by Crippen LogP contribution is 2.26. The number of nitro groups is 1. The van der Waals surface area contributed by atoms with E-state index >= 15 is 0 Å². The minimum absolute atomic E-state index is 0.00976. The van der Waals surface area contributed by atoms with Crippen molar-refractivity contribution in [2.24, 2.45) is 0 Å². The van der Waals surface area contributed by atoms with Crippen LogP contribution in [0.4, 0.5) is 5.69 Å². The van der Waals surface area contributed by atoms with Crippen LogP contribution in [0.5, 0.6) is 5.75 Å². The molecule has 1 heterocycles. The zero-order valence-electron chi connectivity index (χ0n) is 18.3. The Bertz CT molecular complexity index is 1190. The van der Waals surface area contributed by atoms with Crippen LogP contribution in [0, 0.1) is 10.1 Å². The molecule has 2 amide bonds. The molecule has 0 atom stereocenters. The molecule has 9 heteroatoms. The molecule has 0 saturated heterocycles. The molecule has 3 aromatic rings. The van der Waals surface area contributed by atoms with E-state index in [-0.39, 0.29) is 17.4 Å². The molecule has 0 spiro atoms. The third-order valence-corrected chi connectivity index (χ3v) is 4.52. The SMILES string of the molecule is COc1ccc(C(=O)NC(=Cc2ccc(-c3cccc([N+](=O)[O-])c3)o2)C(=O)NC(C)C)cc1. The molecular formula is C24H23N3O6. The lowest BCUT2D eigenvalue weighted by Crippen LogP contribution is -2.38. The number of nitrogens with one attached hydrogen (secondary N) is 2. The Labute approximate surface area is 190 Å². The van der Waals surface area contributed by atoms with Gasteiger partial charge in [0.15, 0.2) is 0 Å². The van der Waals surface area contributed by atoms with E-state index in [9.17, 15) is 19.7 Å². The van der Waals surface area contributed by atoms with Crippen LogP contribution in [0.25, 0.3) is 17.4 Å². The molecule has 0 saturated carbocycles. The second-order valence-corrected chi connectivity index (χ2v) is 7.38. The Hall–Kier alpha value is -4.40. The molecule has 0 bridgehead atoms. The van der Waals surface area contributed by atoms with Gasteiger partial charge in [0.25, 0.3) is 17.5 Å². The van der Waals surface area contributed by atoms with E-state index in [2.05, 4.69) is 10.6 Å². The van der Waals surface area contributed by atoms with Crippen LogP contribution in [-0.2, 0) is 4.79 Å². The van der Waals surface area contributed by atoms with Gasteiger partial charge < -0.3 is 19.8 Å². The standard InChI is InChI=1S/C24H23N3O6/c1-15(2)25-24(29)21(26-23(28)16-7-9-19(32-3)10-8-16)14-20-11-12-22(33-20)17-5-4-6-18(13-17)27(30)31/h4-15H,1-3H3,(H,25,29)(H,26,28).